The molecule has 2 aromatic rings. The smallest absolute Gasteiger partial charge is 0.231 e. The number of amides is 1. The first kappa shape index (κ1) is 14.4. The molecule has 2 aromatic carbocycles. The number of benzene rings is 2. The molecule has 1 heterocycles. The number of nitrogens with zero attached hydrogens (tertiary/aromatic N) is 1. The van der Waals surface area contributed by atoms with Crippen molar-refractivity contribution in [3.8, 4) is 11.5 Å². The fourth-order valence-electron chi connectivity index (χ4n) is 2.50. The predicted molar refractivity (Wildman–Crippen MR) is 80.9 cm³/mol. The summed E-state index contributed by atoms with van der Waals surface area (Å²) in [6.07, 6.45) is 0.229. The number of hydrogen-bond donors (Lipinski definition) is 0. The molecule has 0 bridgehead atoms. The van der Waals surface area contributed by atoms with E-state index in [9.17, 15) is 9.18 Å². The van der Waals surface area contributed by atoms with Gasteiger partial charge in [0, 0.05) is 6.07 Å². The van der Waals surface area contributed by atoms with Crippen LogP contribution in [0.3, 0.4) is 0 Å². The average molecular weight is 301 g/mol. The second kappa shape index (κ2) is 6.05. The maximum atomic E-state index is 13.4. The van der Waals surface area contributed by atoms with Gasteiger partial charge in [-0.3, -0.25) is 4.79 Å². The van der Waals surface area contributed by atoms with Crippen LogP contribution in [0.15, 0.2) is 42.5 Å². The van der Waals surface area contributed by atoms with Crippen molar-refractivity contribution < 1.29 is 18.7 Å². The van der Waals surface area contributed by atoms with E-state index in [-0.39, 0.29) is 18.1 Å². The van der Waals surface area contributed by atoms with Gasteiger partial charge < -0.3 is 14.4 Å². The number of fused-ring (bicyclic) bond motifs is 1. The maximum absolute atomic E-state index is 13.4. The zero-order chi connectivity index (χ0) is 15.5. The molecule has 0 N–H and O–H groups in total. The van der Waals surface area contributed by atoms with E-state index in [0.29, 0.717) is 30.3 Å². The molecular weight excluding hydrogens is 285 g/mol. The van der Waals surface area contributed by atoms with Crippen molar-refractivity contribution in [1.29, 1.82) is 0 Å². The molecule has 0 radical (unpaired) electrons. The van der Waals surface area contributed by atoms with Gasteiger partial charge in [0.05, 0.1) is 25.8 Å². The molecule has 4 nitrogen and oxygen atoms in total. The van der Waals surface area contributed by atoms with Crippen LogP contribution in [0.5, 0.6) is 11.5 Å². The van der Waals surface area contributed by atoms with Crippen molar-refractivity contribution >= 4 is 11.6 Å². The second-order valence-corrected chi connectivity index (χ2v) is 5.03. The largest absolute Gasteiger partial charge is 0.497 e. The van der Waals surface area contributed by atoms with Crippen LogP contribution in [-0.4, -0.2) is 26.2 Å². The zero-order valence-corrected chi connectivity index (χ0v) is 12.2. The van der Waals surface area contributed by atoms with Crippen LogP contribution in [0.25, 0.3) is 0 Å². The van der Waals surface area contributed by atoms with Crippen LogP contribution in [0.4, 0.5) is 10.1 Å². The summed E-state index contributed by atoms with van der Waals surface area (Å²) in [5, 5.41) is 0. The van der Waals surface area contributed by atoms with Crippen molar-refractivity contribution in [3.05, 3.63) is 53.8 Å². The Hall–Kier alpha value is -2.56. The highest BCUT2D eigenvalue weighted by Gasteiger charge is 2.24. The van der Waals surface area contributed by atoms with Crippen molar-refractivity contribution in [1.82, 2.24) is 0 Å². The first-order valence-electron chi connectivity index (χ1n) is 7.03. The minimum absolute atomic E-state index is 0.0941. The van der Waals surface area contributed by atoms with E-state index in [2.05, 4.69) is 0 Å². The molecule has 0 saturated heterocycles. The van der Waals surface area contributed by atoms with Gasteiger partial charge in [0.2, 0.25) is 5.91 Å². The van der Waals surface area contributed by atoms with E-state index in [1.807, 2.05) is 24.3 Å². The number of ether oxygens (including phenoxy) is 2. The molecule has 0 aliphatic carbocycles. The molecule has 1 amide bonds. The van der Waals surface area contributed by atoms with Gasteiger partial charge in [-0.2, -0.15) is 0 Å². The number of anilines is 1. The van der Waals surface area contributed by atoms with Gasteiger partial charge in [0.25, 0.3) is 0 Å². The Morgan fingerprint density at radius 2 is 2.18 bits per heavy atom. The Labute approximate surface area is 128 Å². The first-order chi connectivity index (χ1) is 10.7. The lowest BCUT2D eigenvalue weighted by Gasteiger charge is -2.29. The van der Waals surface area contributed by atoms with Gasteiger partial charge >= 0.3 is 0 Å². The summed E-state index contributed by atoms with van der Waals surface area (Å²) in [7, 11) is 1.59. The second-order valence-electron chi connectivity index (χ2n) is 5.03. The Morgan fingerprint density at radius 1 is 1.32 bits per heavy atom. The predicted octanol–water partition coefficient (Wildman–Crippen LogP) is 2.80. The van der Waals surface area contributed by atoms with Gasteiger partial charge in [-0.05, 0) is 29.8 Å². The van der Waals surface area contributed by atoms with E-state index in [4.69, 9.17) is 9.47 Å². The molecule has 0 atom stereocenters. The fourth-order valence-corrected chi connectivity index (χ4v) is 2.50. The molecule has 3 rings (SSSR count). The Bertz CT molecular complexity index is 702. The van der Waals surface area contributed by atoms with Crippen LogP contribution in [0, 0.1) is 5.82 Å². The summed E-state index contributed by atoms with van der Waals surface area (Å²) in [6.45, 7) is 0.821. The first-order valence-corrected chi connectivity index (χ1v) is 7.03. The van der Waals surface area contributed by atoms with Gasteiger partial charge in [0.15, 0.2) is 0 Å². The van der Waals surface area contributed by atoms with E-state index in [1.54, 1.807) is 18.1 Å². The maximum Gasteiger partial charge on any atom is 0.231 e. The fraction of sp³-hybridized carbons (Fsp3) is 0.235. The lowest BCUT2D eigenvalue weighted by molar-refractivity contribution is -0.118. The molecule has 22 heavy (non-hydrogen) atoms. The topological polar surface area (TPSA) is 38.8 Å². The molecule has 0 aromatic heterocycles. The van der Waals surface area contributed by atoms with Crippen molar-refractivity contribution in [2.45, 2.75) is 6.42 Å². The number of rotatable bonds is 3. The number of hydrogen-bond acceptors (Lipinski definition) is 3. The third-order valence-electron chi connectivity index (χ3n) is 3.57. The van der Waals surface area contributed by atoms with E-state index in [1.165, 1.54) is 12.1 Å². The minimum Gasteiger partial charge on any atom is -0.497 e. The van der Waals surface area contributed by atoms with Crippen molar-refractivity contribution in [3.63, 3.8) is 0 Å². The van der Waals surface area contributed by atoms with Gasteiger partial charge in [0.1, 0.15) is 23.9 Å². The normalized spacial score (nSPS) is 13.3. The Balaban J connectivity index is 1.83. The molecule has 114 valence electrons. The summed E-state index contributed by atoms with van der Waals surface area (Å²) < 4.78 is 24.1. The van der Waals surface area contributed by atoms with Crippen LogP contribution >= 0.6 is 0 Å². The molecule has 0 unspecified atom stereocenters. The van der Waals surface area contributed by atoms with Gasteiger partial charge in [-0.15, -0.1) is 0 Å². The van der Waals surface area contributed by atoms with Crippen LogP contribution in [0.1, 0.15) is 5.56 Å². The van der Waals surface area contributed by atoms with E-state index < -0.39 is 0 Å². The Morgan fingerprint density at radius 3 is 3.00 bits per heavy atom. The highest BCUT2D eigenvalue weighted by Crippen LogP contribution is 2.32. The molecule has 5 heteroatoms. The van der Waals surface area contributed by atoms with Crippen LogP contribution < -0.4 is 14.4 Å². The van der Waals surface area contributed by atoms with Gasteiger partial charge in [-0.25, -0.2) is 4.39 Å². The molecule has 0 saturated carbocycles. The van der Waals surface area contributed by atoms with Gasteiger partial charge in [-0.1, -0.05) is 12.1 Å². The lowest BCUT2D eigenvalue weighted by Crippen LogP contribution is -2.38. The third-order valence-corrected chi connectivity index (χ3v) is 3.57. The standard InChI is InChI=1S/C17H16FNO3/c1-21-14-4-2-3-12(9-14)10-17(20)19-7-8-22-16-6-5-13(18)11-15(16)19/h2-6,9,11H,7-8,10H2,1H3. The molecule has 0 spiro atoms. The number of methoxy groups -OCH3 is 1. The number of halogens is 1. The summed E-state index contributed by atoms with van der Waals surface area (Å²) >= 11 is 0. The molecular formula is C17H16FNO3. The molecule has 1 aliphatic heterocycles. The SMILES string of the molecule is COc1cccc(CC(=O)N2CCOc3ccc(F)cc32)c1. The van der Waals surface area contributed by atoms with E-state index >= 15 is 0 Å². The number of carbonyl (C=O) groups excluding carboxylic acids is 1. The highest BCUT2D eigenvalue weighted by atomic mass is 19.1. The zero-order valence-electron chi connectivity index (χ0n) is 12.2. The summed E-state index contributed by atoms with van der Waals surface area (Å²) in [5.41, 5.74) is 1.34. The average Bonchev–Trinajstić information content (AvgIpc) is 2.54. The van der Waals surface area contributed by atoms with Crippen molar-refractivity contribution in [2.75, 3.05) is 25.2 Å². The lowest BCUT2D eigenvalue weighted by atomic mass is 10.1. The van der Waals surface area contributed by atoms with Crippen molar-refractivity contribution in [2.24, 2.45) is 0 Å². The highest BCUT2D eigenvalue weighted by molar-refractivity contribution is 5.96. The quantitative estimate of drug-likeness (QED) is 0.875. The monoisotopic (exact) mass is 301 g/mol. The summed E-state index contributed by atoms with van der Waals surface area (Å²) in [5.74, 6) is 0.761. The van der Waals surface area contributed by atoms with E-state index in [0.717, 1.165) is 5.56 Å². The molecule has 0 fully saturated rings. The summed E-state index contributed by atoms with van der Waals surface area (Å²) in [4.78, 5) is 14.1. The molecule has 1 aliphatic rings. The summed E-state index contributed by atoms with van der Waals surface area (Å²) in [6, 6.07) is 11.6. The number of carbonyl (C=O) groups is 1. The third kappa shape index (κ3) is 2.88. The van der Waals surface area contributed by atoms with Crippen LogP contribution in [-0.2, 0) is 11.2 Å². The van der Waals surface area contributed by atoms with Crippen LogP contribution in [0.2, 0.25) is 0 Å². The minimum atomic E-state index is -0.386. The Kier molecular flexibility index (Phi) is 3.96.